The van der Waals surface area contributed by atoms with Gasteiger partial charge < -0.3 is 14.4 Å². The van der Waals surface area contributed by atoms with E-state index in [1.54, 1.807) is 17.0 Å². The summed E-state index contributed by atoms with van der Waals surface area (Å²) in [5.41, 5.74) is 0.375. The van der Waals surface area contributed by atoms with Crippen LogP contribution in [0.3, 0.4) is 0 Å². The van der Waals surface area contributed by atoms with Gasteiger partial charge in [-0.05, 0) is 18.2 Å². The summed E-state index contributed by atoms with van der Waals surface area (Å²) in [4.78, 5) is 14.5. The zero-order valence-corrected chi connectivity index (χ0v) is 15.8. The SMILES string of the molecule is COc1ccc(C(=O)N2CCSCC2)cc1S(=O)(=O)N1CCOCC1. The fraction of sp³-hybridized carbons (Fsp3) is 0.562. The first-order valence-corrected chi connectivity index (χ1v) is 10.8. The third-order valence-corrected chi connectivity index (χ3v) is 7.16. The molecule has 1 aromatic carbocycles. The Morgan fingerprint density at radius 2 is 1.84 bits per heavy atom. The molecule has 9 heteroatoms. The van der Waals surface area contributed by atoms with Crippen molar-refractivity contribution in [2.75, 3.05) is 58.0 Å². The first-order valence-electron chi connectivity index (χ1n) is 8.17. The maximum Gasteiger partial charge on any atom is 0.253 e. The molecule has 1 aromatic rings. The summed E-state index contributed by atoms with van der Waals surface area (Å²) < 4.78 is 37.8. The van der Waals surface area contributed by atoms with Crippen LogP contribution in [0, 0.1) is 0 Å². The van der Waals surface area contributed by atoms with Crippen LogP contribution in [0.5, 0.6) is 5.75 Å². The minimum atomic E-state index is -3.74. The van der Waals surface area contributed by atoms with Crippen LogP contribution in [-0.2, 0) is 14.8 Å². The van der Waals surface area contributed by atoms with Crippen LogP contribution in [0.1, 0.15) is 10.4 Å². The molecule has 7 nitrogen and oxygen atoms in total. The number of carbonyl (C=O) groups excluding carboxylic acids is 1. The van der Waals surface area contributed by atoms with Crippen LogP contribution >= 0.6 is 11.8 Å². The van der Waals surface area contributed by atoms with Crippen molar-refractivity contribution in [1.29, 1.82) is 0 Å². The number of sulfonamides is 1. The molecule has 0 atom stereocenters. The zero-order chi connectivity index (χ0) is 17.9. The van der Waals surface area contributed by atoms with Gasteiger partial charge >= 0.3 is 0 Å². The number of thioether (sulfide) groups is 1. The lowest BCUT2D eigenvalue weighted by molar-refractivity contribution is 0.0729. The molecule has 0 N–H and O–H groups in total. The zero-order valence-electron chi connectivity index (χ0n) is 14.1. The van der Waals surface area contributed by atoms with Crippen molar-refractivity contribution in [2.24, 2.45) is 0 Å². The number of hydrogen-bond donors (Lipinski definition) is 0. The van der Waals surface area contributed by atoms with Gasteiger partial charge in [-0.2, -0.15) is 16.1 Å². The van der Waals surface area contributed by atoms with Crippen LogP contribution in [0.4, 0.5) is 0 Å². The standard InChI is InChI=1S/C16H22N2O5S2/c1-22-14-3-2-13(16(19)17-6-10-24-11-7-17)12-15(14)25(20,21)18-4-8-23-9-5-18/h2-3,12H,4-11H2,1H3. The van der Waals surface area contributed by atoms with Crippen LogP contribution in [-0.4, -0.2) is 81.5 Å². The smallest absolute Gasteiger partial charge is 0.253 e. The number of methoxy groups -OCH3 is 1. The van der Waals surface area contributed by atoms with Crippen molar-refractivity contribution < 1.29 is 22.7 Å². The van der Waals surface area contributed by atoms with E-state index in [1.165, 1.54) is 17.5 Å². The molecule has 138 valence electrons. The average molecular weight is 386 g/mol. The number of rotatable bonds is 4. The molecule has 2 aliphatic heterocycles. The highest BCUT2D eigenvalue weighted by molar-refractivity contribution is 7.99. The van der Waals surface area contributed by atoms with Gasteiger partial charge in [-0.3, -0.25) is 4.79 Å². The molecule has 0 radical (unpaired) electrons. The first-order chi connectivity index (χ1) is 12.0. The fourth-order valence-electron chi connectivity index (χ4n) is 2.89. The maximum atomic E-state index is 13.0. The fourth-order valence-corrected chi connectivity index (χ4v) is 5.38. The molecule has 2 heterocycles. The van der Waals surface area contributed by atoms with Gasteiger partial charge in [0.1, 0.15) is 10.6 Å². The van der Waals surface area contributed by atoms with Gasteiger partial charge in [-0.15, -0.1) is 0 Å². The number of hydrogen-bond acceptors (Lipinski definition) is 6. The van der Waals surface area contributed by atoms with Crippen molar-refractivity contribution in [1.82, 2.24) is 9.21 Å². The van der Waals surface area contributed by atoms with Gasteiger partial charge in [0.2, 0.25) is 10.0 Å². The predicted octanol–water partition coefficient (Wildman–Crippen LogP) is 0.905. The normalized spacial score (nSPS) is 19.6. The van der Waals surface area contributed by atoms with E-state index in [-0.39, 0.29) is 16.6 Å². The number of amides is 1. The minimum absolute atomic E-state index is 0.0362. The van der Waals surface area contributed by atoms with Crippen molar-refractivity contribution in [3.63, 3.8) is 0 Å². The van der Waals surface area contributed by atoms with E-state index in [9.17, 15) is 13.2 Å². The molecule has 0 aliphatic carbocycles. The van der Waals surface area contributed by atoms with Crippen LogP contribution < -0.4 is 4.74 Å². The molecule has 0 saturated carbocycles. The number of carbonyl (C=O) groups is 1. The molecule has 2 fully saturated rings. The third kappa shape index (κ3) is 3.94. The second-order valence-electron chi connectivity index (χ2n) is 5.79. The van der Waals surface area contributed by atoms with E-state index in [4.69, 9.17) is 9.47 Å². The molecular formula is C16H22N2O5S2. The van der Waals surface area contributed by atoms with E-state index in [0.29, 0.717) is 45.0 Å². The molecule has 2 aliphatic rings. The van der Waals surface area contributed by atoms with Crippen LogP contribution in [0.2, 0.25) is 0 Å². The van der Waals surface area contributed by atoms with Gasteiger partial charge in [0.15, 0.2) is 0 Å². The molecule has 25 heavy (non-hydrogen) atoms. The van der Waals surface area contributed by atoms with Crippen molar-refractivity contribution in [2.45, 2.75) is 4.90 Å². The molecule has 0 bridgehead atoms. The second kappa shape index (κ2) is 7.94. The Morgan fingerprint density at radius 3 is 2.48 bits per heavy atom. The van der Waals surface area contributed by atoms with Crippen molar-refractivity contribution in [3.05, 3.63) is 23.8 Å². The van der Waals surface area contributed by atoms with Gasteiger partial charge in [0, 0.05) is 43.2 Å². The Labute approximate surface area is 152 Å². The number of benzene rings is 1. The largest absolute Gasteiger partial charge is 0.495 e. The van der Waals surface area contributed by atoms with Gasteiger partial charge in [-0.1, -0.05) is 0 Å². The number of ether oxygens (including phenoxy) is 2. The van der Waals surface area contributed by atoms with E-state index < -0.39 is 10.0 Å². The van der Waals surface area contributed by atoms with Crippen LogP contribution in [0.15, 0.2) is 23.1 Å². The Morgan fingerprint density at radius 1 is 1.16 bits per heavy atom. The van der Waals surface area contributed by atoms with Crippen molar-refractivity contribution in [3.8, 4) is 5.75 Å². The highest BCUT2D eigenvalue weighted by Gasteiger charge is 2.30. The monoisotopic (exact) mass is 386 g/mol. The highest BCUT2D eigenvalue weighted by Crippen LogP contribution is 2.29. The average Bonchev–Trinajstić information content (AvgIpc) is 2.68. The molecule has 3 rings (SSSR count). The van der Waals surface area contributed by atoms with Gasteiger partial charge in [0.25, 0.3) is 5.91 Å². The van der Waals surface area contributed by atoms with Crippen molar-refractivity contribution >= 4 is 27.7 Å². The minimum Gasteiger partial charge on any atom is -0.495 e. The van der Waals surface area contributed by atoms with Gasteiger partial charge in [-0.25, -0.2) is 8.42 Å². The summed E-state index contributed by atoms with van der Waals surface area (Å²) in [6, 6.07) is 4.62. The summed E-state index contributed by atoms with van der Waals surface area (Å²) in [5.74, 6) is 1.92. The van der Waals surface area contributed by atoms with E-state index >= 15 is 0 Å². The van der Waals surface area contributed by atoms with E-state index in [1.807, 2.05) is 11.8 Å². The summed E-state index contributed by atoms with van der Waals surface area (Å²) in [6.45, 7) is 2.69. The Balaban J connectivity index is 1.93. The summed E-state index contributed by atoms with van der Waals surface area (Å²) >= 11 is 1.82. The number of morpholine rings is 1. The Kier molecular flexibility index (Phi) is 5.88. The summed E-state index contributed by atoms with van der Waals surface area (Å²) in [7, 11) is -2.31. The Hall–Kier alpha value is -1.29. The van der Waals surface area contributed by atoms with E-state index in [2.05, 4.69) is 0 Å². The van der Waals surface area contributed by atoms with Crippen LogP contribution in [0.25, 0.3) is 0 Å². The van der Waals surface area contributed by atoms with E-state index in [0.717, 1.165) is 11.5 Å². The third-order valence-electron chi connectivity index (χ3n) is 4.30. The lowest BCUT2D eigenvalue weighted by Crippen LogP contribution is -2.41. The lowest BCUT2D eigenvalue weighted by Gasteiger charge is -2.28. The topological polar surface area (TPSA) is 76.2 Å². The summed E-state index contributed by atoms with van der Waals surface area (Å²) in [6.07, 6.45) is 0. The Bertz CT molecular complexity index is 726. The molecule has 2 saturated heterocycles. The second-order valence-corrected chi connectivity index (χ2v) is 8.92. The molecule has 1 amide bonds. The first kappa shape index (κ1) is 18.5. The predicted molar refractivity (Wildman–Crippen MR) is 95.8 cm³/mol. The molecule has 0 spiro atoms. The molecular weight excluding hydrogens is 364 g/mol. The summed E-state index contributed by atoms with van der Waals surface area (Å²) in [5, 5.41) is 0. The quantitative estimate of drug-likeness (QED) is 0.766. The molecule has 0 unspecified atom stereocenters. The lowest BCUT2D eigenvalue weighted by atomic mass is 10.2. The number of nitrogens with zero attached hydrogens (tertiary/aromatic N) is 2. The van der Waals surface area contributed by atoms with Gasteiger partial charge in [0.05, 0.1) is 20.3 Å². The maximum absolute atomic E-state index is 13.0. The highest BCUT2D eigenvalue weighted by atomic mass is 32.2. The molecule has 0 aromatic heterocycles.